The summed E-state index contributed by atoms with van der Waals surface area (Å²) in [5.41, 5.74) is 7.52. The lowest BCUT2D eigenvalue weighted by atomic mass is 10.1. The molecule has 3 rings (SSSR count). The van der Waals surface area contributed by atoms with Crippen molar-refractivity contribution >= 4 is 11.6 Å². The zero-order valence-corrected chi connectivity index (χ0v) is 12.2. The van der Waals surface area contributed by atoms with Crippen molar-refractivity contribution in [2.45, 2.75) is 18.9 Å². The second-order valence-electron chi connectivity index (χ2n) is 5.33. The van der Waals surface area contributed by atoms with Gasteiger partial charge in [-0.1, -0.05) is 23.7 Å². The summed E-state index contributed by atoms with van der Waals surface area (Å²) in [4.78, 5) is 4.12. The number of halogens is 2. The fraction of sp³-hybridized carbons (Fsp3) is 0.312. The fourth-order valence-electron chi connectivity index (χ4n) is 2.19. The van der Waals surface area contributed by atoms with E-state index in [-0.39, 0.29) is 11.9 Å². The molecule has 0 radical (unpaired) electrons. The van der Waals surface area contributed by atoms with E-state index in [0.29, 0.717) is 29.0 Å². The summed E-state index contributed by atoms with van der Waals surface area (Å²) in [6.07, 6.45) is 3.95. The molecule has 3 nitrogen and oxygen atoms in total. The van der Waals surface area contributed by atoms with E-state index in [1.165, 1.54) is 25.0 Å². The van der Waals surface area contributed by atoms with Crippen LogP contribution in [0.2, 0.25) is 5.15 Å². The van der Waals surface area contributed by atoms with Crippen LogP contribution in [0.5, 0.6) is 5.75 Å². The van der Waals surface area contributed by atoms with Gasteiger partial charge in [-0.05, 0) is 42.5 Å². The Morgan fingerprint density at radius 3 is 2.71 bits per heavy atom. The second-order valence-corrected chi connectivity index (χ2v) is 5.69. The molecule has 1 heterocycles. The highest BCUT2D eigenvalue weighted by molar-refractivity contribution is 6.32. The van der Waals surface area contributed by atoms with Crippen molar-refractivity contribution in [2.75, 3.05) is 6.61 Å². The van der Waals surface area contributed by atoms with Gasteiger partial charge in [0.15, 0.2) is 0 Å². The summed E-state index contributed by atoms with van der Waals surface area (Å²) in [6.45, 7) is 0.469. The van der Waals surface area contributed by atoms with Crippen LogP contribution in [-0.2, 0) is 0 Å². The van der Waals surface area contributed by atoms with E-state index in [2.05, 4.69) is 4.98 Å². The van der Waals surface area contributed by atoms with Crippen LogP contribution in [0.25, 0.3) is 11.1 Å². The van der Waals surface area contributed by atoms with Crippen LogP contribution in [-0.4, -0.2) is 17.6 Å². The van der Waals surface area contributed by atoms with Crippen LogP contribution in [0, 0.1) is 11.7 Å². The van der Waals surface area contributed by atoms with Gasteiger partial charge in [0.25, 0.3) is 0 Å². The van der Waals surface area contributed by atoms with Gasteiger partial charge in [0.05, 0.1) is 6.20 Å². The zero-order valence-electron chi connectivity index (χ0n) is 11.4. The number of rotatable bonds is 5. The number of hydrogen-bond donors (Lipinski definition) is 1. The van der Waals surface area contributed by atoms with E-state index in [1.54, 1.807) is 18.3 Å². The van der Waals surface area contributed by atoms with Gasteiger partial charge in [-0.25, -0.2) is 9.37 Å². The van der Waals surface area contributed by atoms with Crippen molar-refractivity contribution < 1.29 is 9.13 Å². The maximum absolute atomic E-state index is 13.0. The molecule has 110 valence electrons. The predicted molar refractivity (Wildman–Crippen MR) is 80.8 cm³/mol. The molecule has 2 N–H and O–H groups in total. The average Bonchev–Trinajstić information content (AvgIpc) is 3.32. The van der Waals surface area contributed by atoms with E-state index >= 15 is 0 Å². The Labute approximate surface area is 127 Å². The number of nitrogens with two attached hydrogens (primary N) is 1. The molecule has 21 heavy (non-hydrogen) atoms. The predicted octanol–water partition coefficient (Wildman–Crippen LogP) is 3.66. The minimum Gasteiger partial charge on any atom is -0.490 e. The Kier molecular flexibility index (Phi) is 4.08. The molecule has 5 heteroatoms. The van der Waals surface area contributed by atoms with Gasteiger partial charge >= 0.3 is 0 Å². The Morgan fingerprint density at radius 1 is 1.33 bits per heavy atom. The van der Waals surface area contributed by atoms with Gasteiger partial charge in [0, 0.05) is 11.6 Å². The van der Waals surface area contributed by atoms with E-state index in [9.17, 15) is 4.39 Å². The normalized spacial score (nSPS) is 15.8. The van der Waals surface area contributed by atoms with Crippen LogP contribution in [0.15, 0.2) is 36.5 Å². The monoisotopic (exact) mass is 306 g/mol. The molecule has 1 atom stereocenters. The molecule has 0 spiro atoms. The van der Waals surface area contributed by atoms with E-state index < -0.39 is 0 Å². The van der Waals surface area contributed by atoms with Gasteiger partial charge in [0.2, 0.25) is 0 Å². The van der Waals surface area contributed by atoms with Gasteiger partial charge in [-0.15, -0.1) is 0 Å². The molecule has 1 aliphatic rings. The van der Waals surface area contributed by atoms with Gasteiger partial charge in [-0.2, -0.15) is 0 Å². The van der Waals surface area contributed by atoms with Crippen molar-refractivity contribution in [1.82, 2.24) is 4.98 Å². The summed E-state index contributed by atoms with van der Waals surface area (Å²) in [5.74, 6) is 0.919. The lowest BCUT2D eigenvalue weighted by Crippen LogP contribution is -2.29. The Balaban J connectivity index is 1.77. The molecule has 1 aromatic heterocycles. The Hall–Kier alpha value is -1.65. The maximum Gasteiger partial charge on any atom is 0.138 e. The molecular formula is C16H16ClFN2O. The van der Waals surface area contributed by atoms with Crippen molar-refractivity contribution in [3.8, 4) is 16.9 Å². The zero-order chi connectivity index (χ0) is 14.8. The first-order valence-electron chi connectivity index (χ1n) is 6.93. The van der Waals surface area contributed by atoms with Crippen LogP contribution >= 0.6 is 11.6 Å². The molecule has 1 aliphatic carbocycles. The Morgan fingerprint density at radius 2 is 2.05 bits per heavy atom. The minimum atomic E-state index is -0.286. The van der Waals surface area contributed by atoms with E-state index in [0.717, 1.165) is 5.56 Å². The summed E-state index contributed by atoms with van der Waals surface area (Å²) >= 11 is 6.11. The smallest absolute Gasteiger partial charge is 0.138 e. The number of ether oxygens (including phenoxy) is 1. The van der Waals surface area contributed by atoms with Crippen LogP contribution in [0.1, 0.15) is 12.8 Å². The van der Waals surface area contributed by atoms with E-state index in [1.807, 2.05) is 6.07 Å². The van der Waals surface area contributed by atoms with Crippen molar-refractivity contribution in [2.24, 2.45) is 11.7 Å². The summed E-state index contributed by atoms with van der Waals surface area (Å²) < 4.78 is 18.7. The fourth-order valence-corrected chi connectivity index (χ4v) is 2.41. The molecule has 1 fully saturated rings. The Bertz CT molecular complexity index is 629. The van der Waals surface area contributed by atoms with Gasteiger partial charge in [0.1, 0.15) is 23.3 Å². The third-order valence-electron chi connectivity index (χ3n) is 3.64. The molecule has 0 saturated heterocycles. The summed E-state index contributed by atoms with van der Waals surface area (Å²) in [6, 6.07) is 7.98. The quantitative estimate of drug-likeness (QED) is 0.858. The molecule has 0 aliphatic heterocycles. The highest BCUT2D eigenvalue weighted by Gasteiger charge is 2.28. The number of hydrogen-bond acceptors (Lipinski definition) is 3. The van der Waals surface area contributed by atoms with Gasteiger partial charge in [-0.3, -0.25) is 0 Å². The minimum absolute atomic E-state index is 0.0648. The van der Waals surface area contributed by atoms with E-state index in [4.69, 9.17) is 22.1 Å². The standard InChI is InChI=1S/C16H16ClFN2O/c17-16-14(10-3-5-12(18)6-4-10)7-13(8-20-16)21-9-15(19)11-1-2-11/h3-8,11,15H,1-2,9,19H2. The van der Waals surface area contributed by atoms with Crippen molar-refractivity contribution in [1.29, 1.82) is 0 Å². The largest absolute Gasteiger partial charge is 0.490 e. The molecular weight excluding hydrogens is 291 g/mol. The average molecular weight is 307 g/mol. The highest BCUT2D eigenvalue weighted by atomic mass is 35.5. The third-order valence-corrected chi connectivity index (χ3v) is 3.94. The first-order valence-corrected chi connectivity index (χ1v) is 7.31. The molecule has 1 aromatic carbocycles. The SMILES string of the molecule is NC(COc1cnc(Cl)c(-c2ccc(F)cc2)c1)C1CC1. The maximum atomic E-state index is 13.0. The molecule has 0 bridgehead atoms. The lowest BCUT2D eigenvalue weighted by molar-refractivity contribution is 0.275. The highest BCUT2D eigenvalue weighted by Crippen LogP contribution is 2.33. The first kappa shape index (κ1) is 14.3. The lowest BCUT2D eigenvalue weighted by Gasteiger charge is -2.13. The summed E-state index contributed by atoms with van der Waals surface area (Å²) in [5, 5.41) is 0.362. The van der Waals surface area contributed by atoms with Crippen LogP contribution in [0.3, 0.4) is 0 Å². The molecule has 1 saturated carbocycles. The topological polar surface area (TPSA) is 48.1 Å². The number of aromatic nitrogens is 1. The number of pyridine rings is 1. The third kappa shape index (κ3) is 3.52. The number of benzene rings is 1. The van der Waals surface area contributed by atoms with Crippen molar-refractivity contribution in [3.05, 3.63) is 47.5 Å². The van der Waals surface area contributed by atoms with Crippen molar-refractivity contribution in [3.63, 3.8) is 0 Å². The van der Waals surface area contributed by atoms with Crippen LogP contribution in [0.4, 0.5) is 4.39 Å². The van der Waals surface area contributed by atoms with Gasteiger partial charge < -0.3 is 10.5 Å². The molecule has 0 amide bonds. The molecule has 2 aromatic rings. The number of nitrogens with zero attached hydrogens (tertiary/aromatic N) is 1. The summed E-state index contributed by atoms with van der Waals surface area (Å²) in [7, 11) is 0. The first-order chi connectivity index (χ1) is 10.1. The second kappa shape index (κ2) is 6.00. The van der Waals surface area contributed by atoms with Crippen LogP contribution < -0.4 is 10.5 Å². The molecule has 1 unspecified atom stereocenters.